The average Bonchev–Trinajstić information content (AvgIpc) is 4.01. The first-order valence-corrected chi connectivity index (χ1v) is 20.8. The number of ether oxygens (including phenoxy) is 3. The van der Waals surface area contributed by atoms with E-state index < -0.39 is 136 Å². The number of amides is 4. The van der Waals surface area contributed by atoms with E-state index in [9.17, 15) is 41.5 Å². The summed E-state index contributed by atoms with van der Waals surface area (Å²) in [4.78, 5) is 65.3. The predicted octanol–water partition coefficient (Wildman–Crippen LogP) is 2.83. The maximum atomic E-state index is 16.1. The number of hydrogen-bond acceptors (Lipinski definition) is 12. The third kappa shape index (κ3) is 8.29. The molecule has 3 saturated carbocycles. The monoisotopic (exact) mass is 854 g/mol. The van der Waals surface area contributed by atoms with Gasteiger partial charge in [-0.25, -0.2) is 32.0 Å². The number of hydrogen-bond donors (Lipinski definition) is 4. The van der Waals surface area contributed by atoms with Crippen molar-refractivity contribution in [2.24, 2.45) is 11.3 Å². The van der Waals surface area contributed by atoms with Gasteiger partial charge < -0.3 is 34.9 Å². The van der Waals surface area contributed by atoms with Crippen LogP contribution in [0.15, 0.2) is 36.4 Å². The number of alkyl carbamates (subject to hydrolysis) is 1. The van der Waals surface area contributed by atoms with Crippen molar-refractivity contribution in [2.75, 3.05) is 19.8 Å². The Morgan fingerprint density at radius 3 is 2.41 bits per heavy atom. The van der Waals surface area contributed by atoms with Gasteiger partial charge in [0.1, 0.15) is 29.8 Å². The lowest BCUT2D eigenvalue weighted by molar-refractivity contribution is -0.144. The van der Waals surface area contributed by atoms with Crippen molar-refractivity contribution in [3.05, 3.63) is 42.1 Å². The van der Waals surface area contributed by atoms with E-state index in [2.05, 4.69) is 20.6 Å². The van der Waals surface area contributed by atoms with Crippen LogP contribution in [0, 0.1) is 11.3 Å². The highest BCUT2D eigenvalue weighted by Gasteiger charge is 2.67. The second-order valence-electron chi connectivity index (χ2n) is 16.8. The molecule has 21 heteroatoms. The van der Waals surface area contributed by atoms with Crippen LogP contribution in [-0.2, 0) is 39.8 Å². The number of allylic oxidation sites excluding steroid dienone is 1. The van der Waals surface area contributed by atoms with E-state index in [0.717, 1.165) is 11.0 Å². The molecule has 7 rings (SSSR count). The van der Waals surface area contributed by atoms with Gasteiger partial charge in [0.2, 0.25) is 34.1 Å². The molecule has 1 aromatic carbocycles. The number of fused-ring (bicyclic) bond motifs is 5. The van der Waals surface area contributed by atoms with Crippen molar-refractivity contribution in [3.8, 4) is 5.88 Å². The van der Waals surface area contributed by atoms with Crippen molar-refractivity contribution in [3.63, 3.8) is 0 Å². The van der Waals surface area contributed by atoms with Gasteiger partial charge in [-0.05, 0) is 63.7 Å². The largest absolute Gasteiger partial charge is 0.471 e. The molecule has 7 atom stereocenters. The molecule has 1 saturated heterocycles. The molecule has 0 radical (unpaired) electrons. The summed E-state index contributed by atoms with van der Waals surface area (Å²) < 4.78 is 105. The number of aliphatic hydroxyl groups excluding tert-OH is 1. The first-order chi connectivity index (χ1) is 27.7. The van der Waals surface area contributed by atoms with Crippen molar-refractivity contribution in [1.82, 2.24) is 30.2 Å². The van der Waals surface area contributed by atoms with Gasteiger partial charge in [-0.1, -0.05) is 32.1 Å². The van der Waals surface area contributed by atoms with E-state index in [1.165, 1.54) is 32.9 Å². The van der Waals surface area contributed by atoms with Crippen molar-refractivity contribution in [1.29, 1.82) is 0 Å². The van der Waals surface area contributed by atoms with E-state index in [4.69, 9.17) is 14.2 Å². The SMILES string of the molecule is CC(C)(CO)[C@@H]1NC(=O)O[C@@H]2CCC[C@H]2OC/C=C/C(F)(F)c2nc3ccccc3nc2O[C@@H]2C[C@@H](C(=O)N[C@]3(C(=O)NS(=O)(=O)C4(C)CC4)C[C@H]3C(F)F)N(C2)C1=O. The molecule has 16 nitrogen and oxygen atoms in total. The van der Waals surface area contributed by atoms with Crippen LogP contribution >= 0.6 is 0 Å². The van der Waals surface area contributed by atoms with Crippen LogP contribution in [-0.4, -0.2) is 119 Å². The number of aromatic nitrogens is 2. The number of para-hydroxylation sites is 2. The molecule has 0 unspecified atom stereocenters. The fourth-order valence-corrected chi connectivity index (χ4v) is 9.08. The topological polar surface area (TPSA) is 215 Å². The highest BCUT2D eigenvalue weighted by molar-refractivity contribution is 7.91. The standard InChI is InChI=1S/C38H46F4N6O10S/c1-35(2,19-49)28-32(51)48-18-20(16-24(48)30(50)46-37(17-21(37)29(39)40)33(52)47-59(54,55)36(3)13-14-36)57-31-27(43-22-8-4-5-9-23(22)44-31)38(41,42)12-7-15-56-25-10-6-11-26(25)58-34(53)45-28/h4-5,7-9,12,20-21,24-26,28-29,49H,6,10-11,13-19H2,1-3H3,(H,45,53)(H,46,50)(H,47,52)/b12-7+/t20-,21+,24+,25-,26-,28-,37-/m1/s1. The Morgan fingerprint density at radius 2 is 1.76 bits per heavy atom. The fraction of sp³-hybridized carbons (Fsp3) is 0.632. The molecule has 5 aliphatic rings. The van der Waals surface area contributed by atoms with E-state index in [1.807, 2.05) is 4.72 Å². The maximum Gasteiger partial charge on any atom is 0.408 e. The molecule has 2 aromatic rings. The number of nitrogens with one attached hydrogen (secondary N) is 3. The molecular weight excluding hydrogens is 809 g/mol. The smallest absolute Gasteiger partial charge is 0.408 e. The van der Waals surface area contributed by atoms with Gasteiger partial charge in [0.15, 0.2) is 5.69 Å². The van der Waals surface area contributed by atoms with Gasteiger partial charge in [-0.15, -0.1) is 0 Å². The molecular formula is C38H46F4N6O10S. The van der Waals surface area contributed by atoms with Crippen LogP contribution in [0.5, 0.6) is 5.88 Å². The second kappa shape index (κ2) is 15.4. The van der Waals surface area contributed by atoms with Gasteiger partial charge in [0, 0.05) is 11.8 Å². The Kier molecular flexibility index (Phi) is 11.1. The summed E-state index contributed by atoms with van der Waals surface area (Å²) >= 11 is 0. The Morgan fingerprint density at radius 1 is 1.08 bits per heavy atom. The van der Waals surface area contributed by atoms with Crippen LogP contribution in [0.1, 0.15) is 71.4 Å². The zero-order valence-corrected chi connectivity index (χ0v) is 33.3. The number of sulfonamides is 1. The van der Waals surface area contributed by atoms with E-state index in [0.29, 0.717) is 25.3 Å². The van der Waals surface area contributed by atoms with E-state index in [1.54, 1.807) is 12.1 Å². The maximum absolute atomic E-state index is 16.1. The molecule has 322 valence electrons. The molecule has 59 heavy (non-hydrogen) atoms. The molecule has 3 aliphatic carbocycles. The lowest BCUT2D eigenvalue weighted by Crippen LogP contribution is -2.61. The fourth-order valence-electron chi connectivity index (χ4n) is 7.76. The summed E-state index contributed by atoms with van der Waals surface area (Å²) in [6.07, 6.45) is -4.70. The number of alkyl halides is 4. The zero-order valence-electron chi connectivity index (χ0n) is 32.5. The Balaban J connectivity index is 1.27. The first-order valence-electron chi connectivity index (χ1n) is 19.4. The number of rotatable bonds is 8. The van der Waals surface area contributed by atoms with E-state index >= 15 is 8.78 Å². The highest BCUT2D eigenvalue weighted by Crippen LogP contribution is 2.49. The summed E-state index contributed by atoms with van der Waals surface area (Å²) in [5, 5.41) is 15.2. The number of benzene rings is 1. The number of nitrogens with zero attached hydrogens (tertiary/aromatic N) is 3. The molecule has 2 bridgehead atoms. The molecule has 0 spiro atoms. The third-order valence-corrected chi connectivity index (χ3v) is 14.1. The van der Waals surface area contributed by atoms with Gasteiger partial charge in [-0.2, -0.15) is 8.78 Å². The van der Waals surface area contributed by atoms with Crippen molar-refractivity contribution in [2.45, 2.75) is 119 Å². The van der Waals surface area contributed by atoms with Crippen LogP contribution < -0.4 is 20.1 Å². The molecule has 4 N–H and O–H groups in total. The lowest BCUT2D eigenvalue weighted by Gasteiger charge is -2.36. The predicted molar refractivity (Wildman–Crippen MR) is 198 cm³/mol. The first kappa shape index (κ1) is 42.5. The van der Waals surface area contributed by atoms with Crippen molar-refractivity contribution >= 4 is 44.9 Å². The van der Waals surface area contributed by atoms with Crippen LogP contribution in [0.4, 0.5) is 22.4 Å². The van der Waals surface area contributed by atoms with Crippen LogP contribution in [0.25, 0.3) is 11.0 Å². The lowest BCUT2D eigenvalue weighted by atomic mass is 9.84. The third-order valence-electron chi connectivity index (χ3n) is 12.0. The summed E-state index contributed by atoms with van der Waals surface area (Å²) in [7, 11) is -4.33. The highest BCUT2D eigenvalue weighted by atomic mass is 32.2. The Bertz CT molecular complexity index is 2160. The normalized spacial score (nSPS) is 31.1. The van der Waals surface area contributed by atoms with Crippen LogP contribution in [0.2, 0.25) is 0 Å². The van der Waals surface area contributed by atoms with Gasteiger partial charge in [0.25, 0.3) is 5.91 Å². The van der Waals surface area contributed by atoms with Gasteiger partial charge in [0.05, 0.1) is 47.6 Å². The summed E-state index contributed by atoms with van der Waals surface area (Å²) in [6, 6.07) is 2.88. The minimum absolute atomic E-state index is 0.108. The Labute approximate surface area is 336 Å². The minimum Gasteiger partial charge on any atom is -0.471 e. The van der Waals surface area contributed by atoms with Crippen LogP contribution in [0.3, 0.4) is 0 Å². The molecule has 4 fully saturated rings. The minimum atomic E-state index is -4.33. The van der Waals surface area contributed by atoms with Gasteiger partial charge in [-0.3, -0.25) is 19.1 Å². The number of carbonyl (C=O) groups excluding carboxylic acids is 4. The quantitative estimate of drug-likeness (QED) is 0.223. The number of halogens is 4. The summed E-state index contributed by atoms with van der Waals surface area (Å²) in [5.74, 6) is -9.76. The molecule has 3 heterocycles. The number of aliphatic hydroxyl groups is 1. The van der Waals surface area contributed by atoms with Crippen molar-refractivity contribution < 1.29 is 64.5 Å². The summed E-state index contributed by atoms with van der Waals surface area (Å²) in [6.45, 7) is 2.80. The average molecular weight is 855 g/mol. The molecule has 2 aliphatic heterocycles. The second-order valence-corrected chi connectivity index (χ2v) is 19.0. The van der Waals surface area contributed by atoms with E-state index in [-0.39, 0.29) is 30.5 Å². The Hall–Kier alpha value is -4.63. The molecule has 4 amide bonds. The molecule has 1 aromatic heterocycles. The van der Waals surface area contributed by atoms with Gasteiger partial charge >= 0.3 is 12.0 Å². The zero-order chi connectivity index (χ0) is 42.7. The number of carbonyl (C=O) groups is 4. The summed E-state index contributed by atoms with van der Waals surface area (Å²) in [5.41, 5.74) is -4.44.